The molecule has 0 fully saturated rings. The highest BCUT2D eigenvalue weighted by Crippen LogP contribution is 2.39. The molecule has 0 unspecified atom stereocenters. The average molecular weight is 511 g/mol. The van der Waals surface area contributed by atoms with Gasteiger partial charge >= 0.3 is 0 Å². The molecular formula is C36H22N4. The summed E-state index contributed by atoms with van der Waals surface area (Å²) in [6.45, 7) is 0. The number of aromatic nitrogens is 4. The Kier molecular flexibility index (Phi) is 4.30. The predicted molar refractivity (Wildman–Crippen MR) is 165 cm³/mol. The number of imidazole rings is 1. The summed E-state index contributed by atoms with van der Waals surface area (Å²) in [7, 11) is 0. The fourth-order valence-electron chi connectivity index (χ4n) is 6.39. The van der Waals surface area contributed by atoms with Crippen LogP contribution in [0.1, 0.15) is 0 Å². The summed E-state index contributed by atoms with van der Waals surface area (Å²) < 4.78 is 4.65. The van der Waals surface area contributed by atoms with Crippen molar-refractivity contribution >= 4 is 60.2 Å². The maximum absolute atomic E-state index is 5.15. The lowest BCUT2D eigenvalue weighted by atomic mass is 10.0. The van der Waals surface area contributed by atoms with E-state index in [1.54, 1.807) is 0 Å². The highest BCUT2D eigenvalue weighted by atomic mass is 15.0. The third-order valence-corrected chi connectivity index (χ3v) is 8.14. The Bertz CT molecular complexity index is 2430. The molecule has 0 saturated carbocycles. The van der Waals surface area contributed by atoms with Crippen LogP contribution in [0.15, 0.2) is 134 Å². The van der Waals surface area contributed by atoms with E-state index in [2.05, 4.69) is 129 Å². The number of hydrogen-bond acceptors (Lipinski definition) is 2. The zero-order valence-corrected chi connectivity index (χ0v) is 21.5. The summed E-state index contributed by atoms with van der Waals surface area (Å²) in [5, 5.41) is 6.02. The molecule has 0 saturated heterocycles. The number of hydrogen-bond donors (Lipinski definition) is 0. The van der Waals surface area contributed by atoms with Crippen molar-refractivity contribution in [1.29, 1.82) is 0 Å². The van der Waals surface area contributed by atoms with Crippen molar-refractivity contribution in [2.45, 2.75) is 0 Å². The Morgan fingerprint density at radius 3 is 2.00 bits per heavy atom. The Labute approximate surface area is 229 Å². The molecule has 186 valence electrons. The first-order valence-corrected chi connectivity index (χ1v) is 13.5. The van der Waals surface area contributed by atoms with Crippen LogP contribution in [0.2, 0.25) is 0 Å². The van der Waals surface area contributed by atoms with Crippen molar-refractivity contribution in [3.63, 3.8) is 0 Å². The van der Waals surface area contributed by atoms with Crippen molar-refractivity contribution in [1.82, 2.24) is 18.9 Å². The molecule has 4 aromatic heterocycles. The summed E-state index contributed by atoms with van der Waals surface area (Å²) in [6.07, 6.45) is 3.90. The van der Waals surface area contributed by atoms with Crippen molar-refractivity contribution in [3.05, 3.63) is 134 Å². The van der Waals surface area contributed by atoms with Gasteiger partial charge in [-0.1, -0.05) is 78.9 Å². The third kappa shape index (κ3) is 2.90. The molecule has 9 rings (SSSR count). The van der Waals surface area contributed by atoms with E-state index in [0.717, 1.165) is 49.9 Å². The molecule has 0 aliphatic rings. The molecule has 0 atom stereocenters. The Hall–Kier alpha value is -5.48. The molecule has 0 N–H and O–H groups in total. The minimum Gasteiger partial charge on any atom is -0.308 e. The second-order valence-electron chi connectivity index (χ2n) is 10.3. The largest absolute Gasteiger partial charge is 0.308 e. The number of rotatable bonds is 2. The first-order chi connectivity index (χ1) is 19.8. The van der Waals surface area contributed by atoms with E-state index in [1.165, 1.54) is 27.1 Å². The van der Waals surface area contributed by atoms with Gasteiger partial charge in [-0.3, -0.25) is 9.38 Å². The molecule has 0 radical (unpaired) electrons. The molecule has 0 aliphatic carbocycles. The minimum absolute atomic E-state index is 0.977. The zero-order valence-electron chi connectivity index (χ0n) is 21.5. The smallest absolute Gasteiger partial charge is 0.146 e. The van der Waals surface area contributed by atoms with Crippen molar-refractivity contribution in [3.8, 4) is 16.8 Å². The van der Waals surface area contributed by atoms with Gasteiger partial charge in [0.25, 0.3) is 0 Å². The number of nitrogens with zero attached hydrogens (tertiary/aromatic N) is 4. The van der Waals surface area contributed by atoms with E-state index in [1.807, 2.05) is 18.5 Å². The van der Waals surface area contributed by atoms with E-state index in [4.69, 9.17) is 4.98 Å². The number of benzene rings is 5. The van der Waals surface area contributed by atoms with Gasteiger partial charge < -0.3 is 4.57 Å². The molecule has 4 heteroatoms. The van der Waals surface area contributed by atoms with Gasteiger partial charge in [0, 0.05) is 33.3 Å². The van der Waals surface area contributed by atoms with Crippen LogP contribution in [0.5, 0.6) is 0 Å². The second-order valence-corrected chi connectivity index (χ2v) is 10.3. The number of fused-ring (bicyclic) bond motifs is 11. The van der Waals surface area contributed by atoms with Crippen molar-refractivity contribution < 1.29 is 0 Å². The number of pyridine rings is 2. The van der Waals surface area contributed by atoms with Gasteiger partial charge in [0.1, 0.15) is 5.65 Å². The summed E-state index contributed by atoms with van der Waals surface area (Å²) in [4.78, 5) is 9.83. The second kappa shape index (κ2) is 8.01. The van der Waals surface area contributed by atoms with E-state index in [-0.39, 0.29) is 0 Å². The monoisotopic (exact) mass is 510 g/mol. The molecule has 9 aromatic rings. The molecule has 0 aliphatic heterocycles. The topological polar surface area (TPSA) is 35.1 Å². The summed E-state index contributed by atoms with van der Waals surface area (Å²) in [5.41, 5.74) is 9.86. The Morgan fingerprint density at radius 1 is 0.450 bits per heavy atom. The highest BCUT2D eigenvalue weighted by Gasteiger charge is 2.18. The Morgan fingerprint density at radius 2 is 1.15 bits per heavy atom. The van der Waals surface area contributed by atoms with E-state index < -0.39 is 0 Å². The van der Waals surface area contributed by atoms with Crippen LogP contribution in [-0.4, -0.2) is 18.9 Å². The van der Waals surface area contributed by atoms with Crippen LogP contribution >= 0.6 is 0 Å². The van der Waals surface area contributed by atoms with E-state index in [9.17, 15) is 0 Å². The van der Waals surface area contributed by atoms with Gasteiger partial charge in [0.05, 0.1) is 39.5 Å². The first-order valence-electron chi connectivity index (χ1n) is 13.5. The van der Waals surface area contributed by atoms with Crippen molar-refractivity contribution in [2.24, 2.45) is 0 Å². The van der Waals surface area contributed by atoms with Gasteiger partial charge in [0.2, 0.25) is 0 Å². The predicted octanol–water partition coefficient (Wildman–Crippen LogP) is 8.95. The van der Waals surface area contributed by atoms with Gasteiger partial charge in [0.15, 0.2) is 0 Å². The van der Waals surface area contributed by atoms with Gasteiger partial charge in [-0.2, -0.15) is 0 Å². The van der Waals surface area contributed by atoms with Gasteiger partial charge in [-0.05, 0) is 53.4 Å². The normalized spacial score (nSPS) is 12.0. The lowest BCUT2D eigenvalue weighted by molar-refractivity contribution is 1.14. The lowest BCUT2D eigenvalue weighted by Crippen LogP contribution is -1.96. The van der Waals surface area contributed by atoms with Crippen LogP contribution < -0.4 is 0 Å². The van der Waals surface area contributed by atoms with Crippen LogP contribution in [0.25, 0.3) is 77.0 Å². The standard InChI is InChI=1S/C36H22N4/c1-2-10-23(11-3-1)24-18-25(22-37-21-24)39-32-15-7-5-13-27(32)29-19-28-26-12-4-8-16-33(26)40-34-17-9-6-14-31(34)38-36(40)30(28)20-35(29)39/h1-22H. The van der Waals surface area contributed by atoms with Crippen molar-refractivity contribution in [2.75, 3.05) is 0 Å². The minimum atomic E-state index is 0.977. The van der Waals surface area contributed by atoms with Crippen LogP contribution in [0.4, 0.5) is 0 Å². The van der Waals surface area contributed by atoms with Crippen LogP contribution in [0.3, 0.4) is 0 Å². The third-order valence-electron chi connectivity index (χ3n) is 8.14. The highest BCUT2D eigenvalue weighted by molar-refractivity contribution is 6.21. The van der Waals surface area contributed by atoms with E-state index in [0.29, 0.717) is 0 Å². The van der Waals surface area contributed by atoms with Crippen LogP contribution in [-0.2, 0) is 0 Å². The lowest BCUT2D eigenvalue weighted by Gasteiger charge is -2.12. The fourth-order valence-corrected chi connectivity index (χ4v) is 6.39. The maximum Gasteiger partial charge on any atom is 0.146 e. The molecular weight excluding hydrogens is 488 g/mol. The maximum atomic E-state index is 5.15. The van der Waals surface area contributed by atoms with Gasteiger partial charge in [-0.25, -0.2) is 4.98 Å². The van der Waals surface area contributed by atoms with Crippen LogP contribution in [0, 0.1) is 0 Å². The Balaban J connectivity index is 1.46. The fraction of sp³-hybridized carbons (Fsp3) is 0. The quantitative estimate of drug-likeness (QED) is 0.218. The average Bonchev–Trinajstić information content (AvgIpc) is 3.57. The summed E-state index contributed by atoms with van der Waals surface area (Å²) >= 11 is 0. The molecule has 4 heterocycles. The number of para-hydroxylation sites is 4. The summed E-state index contributed by atoms with van der Waals surface area (Å²) in [5.74, 6) is 0. The summed E-state index contributed by atoms with van der Waals surface area (Å²) in [6, 6.07) is 43.1. The molecule has 0 spiro atoms. The van der Waals surface area contributed by atoms with E-state index >= 15 is 0 Å². The molecule has 0 bridgehead atoms. The van der Waals surface area contributed by atoms with Gasteiger partial charge in [-0.15, -0.1) is 0 Å². The molecule has 4 nitrogen and oxygen atoms in total. The SMILES string of the molecule is c1ccc(-c2cncc(-n3c4ccccc4c4cc5c6ccccc6n6c7ccccc7nc6c5cc43)c2)cc1. The first kappa shape index (κ1) is 21.5. The molecule has 40 heavy (non-hydrogen) atoms. The molecule has 5 aromatic carbocycles. The zero-order chi connectivity index (χ0) is 26.2. The molecule has 0 amide bonds.